The Labute approximate surface area is 97.3 Å². The van der Waals surface area contributed by atoms with Crippen LogP contribution in [0.25, 0.3) is 0 Å². The van der Waals surface area contributed by atoms with Crippen molar-refractivity contribution in [3.05, 3.63) is 41.8 Å². The van der Waals surface area contributed by atoms with Gasteiger partial charge in [-0.2, -0.15) is 4.98 Å². The Kier molecular flexibility index (Phi) is 3.34. The molecule has 0 saturated carbocycles. The Bertz CT molecular complexity index is 487. The van der Waals surface area contributed by atoms with Crippen LogP contribution >= 0.6 is 0 Å². The van der Waals surface area contributed by atoms with Gasteiger partial charge in [0.25, 0.3) is 0 Å². The molecule has 2 aromatic rings. The number of phenols is 1. The molecule has 6 heteroatoms. The maximum Gasteiger partial charge on any atom is 0.213 e. The zero-order chi connectivity index (χ0) is 12.3. The van der Waals surface area contributed by atoms with Crippen LogP contribution in [-0.4, -0.2) is 15.2 Å². The van der Waals surface area contributed by atoms with Gasteiger partial charge >= 0.3 is 0 Å². The monoisotopic (exact) mass is 237 g/mol. The smallest absolute Gasteiger partial charge is 0.213 e. The fourth-order valence-corrected chi connectivity index (χ4v) is 1.49. The molecule has 0 aliphatic heterocycles. The zero-order valence-corrected chi connectivity index (χ0v) is 9.22. The van der Waals surface area contributed by atoms with E-state index in [1.54, 1.807) is 6.07 Å². The van der Waals surface area contributed by atoms with Gasteiger partial charge in [0.2, 0.25) is 6.39 Å². The highest BCUT2D eigenvalue weighted by Gasteiger charge is 2.11. The standard InChI is InChI=1S/C11H12FN3O2/c1-7(13-5-11-14-6-17-15-11)9-3-2-8(16)4-10(9)12/h2-4,6-7,13,16H,5H2,1H3. The van der Waals surface area contributed by atoms with E-state index in [2.05, 4.69) is 20.0 Å². The molecule has 2 N–H and O–H groups in total. The van der Waals surface area contributed by atoms with Crippen LogP contribution in [0.4, 0.5) is 4.39 Å². The average Bonchev–Trinajstić information content (AvgIpc) is 2.78. The first-order valence-electron chi connectivity index (χ1n) is 5.14. The minimum absolute atomic E-state index is 0.0865. The van der Waals surface area contributed by atoms with E-state index < -0.39 is 5.82 Å². The molecule has 17 heavy (non-hydrogen) atoms. The van der Waals surface area contributed by atoms with E-state index in [0.717, 1.165) is 6.07 Å². The Hall–Kier alpha value is -1.95. The fraction of sp³-hybridized carbons (Fsp3) is 0.273. The molecule has 0 amide bonds. The number of rotatable bonds is 4. The molecule has 1 aromatic carbocycles. The first-order chi connectivity index (χ1) is 8.16. The summed E-state index contributed by atoms with van der Waals surface area (Å²) < 4.78 is 18.1. The molecule has 1 unspecified atom stereocenters. The highest BCUT2D eigenvalue weighted by molar-refractivity contribution is 5.29. The SMILES string of the molecule is CC(NCc1ncon1)c1ccc(O)cc1F. The summed E-state index contributed by atoms with van der Waals surface area (Å²) in [5, 5.41) is 15.8. The van der Waals surface area contributed by atoms with Crippen molar-refractivity contribution in [3.8, 4) is 5.75 Å². The average molecular weight is 237 g/mol. The number of aromatic hydroxyl groups is 1. The summed E-state index contributed by atoms with van der Waals surface area (Å²) in [7, 11) is 0. The lowest BCUT2D eigenvalue weighted by Gasteiger charge is -2.13. The van der Waals surface area contributed by atoms with Crippen LogP contribution < -0.4 is 5.32 Å². The lowest BCUT2D eigenvalue weighted by atomic mass is 10.1. The topological polar surface area (TPSA) is 71.2 Å². The van der Waals surface area contributed by atoms with E-state index in [1.807, 2.05) is 6.92 Å². The van der Waals surface area contributed by atoms with Crippen molar-refractivity contribution < 1.29 is 14.0 Å². The zero-order valence-electron chi connectivity index (χ0n) is 9.22. The highest BCUT2D eigenvalue weighted by Crippen LogP contribution is 2.20. The number of hydrogen-bond acceptors (Lipinski definition) is 5. The summed E-state index contributed by atoms with van der Waals surface area (Å²) in [6, 6.07) is 3.86. The van der Waals surface area contributed by atoms with Crippen LogP contribution in [0.3, 0.4) is 0 Å². The van der Waals surface area contributed by atoms with E-state index in [4.69, 9.17) is 5.11 Å². The van der Waals surface area contributed by atoms with Gasteiger partial charge < -0.3 is 14.9 Å². The first kappa shape index (κ1) is 11.5. The Morgan fingerprint density at radius 2 is 2.35 bits per heavy atom. The summed E-state index contributed by atoms with van der Waals surface area (Å²) >= 11 is 0. The Balaban J connectivity index is 2.01. The van der Waals surface area contributed by atoms with Gasteiger partial charge in [0, 0.05) is 17.7 Å². The molecule has 0 aliphatic carbocycles. The third-order valence-corrected chi connectivity index (χ3v) is 2.42. The van der Waals surface area contributed by atoms with Gasteiger partial charge in [0.15, 0.2) is 5.82 Å². The van der Waals surface area contributed by atoms with Crippen molar-refractivity contribution >= 4 is 0 Å². The lowest BCUT2D eigenvalue weighted by Crippen LogP contribution is -2.19. The molecule has 90 valence electrons. The largest absolute Gasteiger partial charge is 0.508 e. The van der Waals surface area contributed by atoms with Crippen molar-refractivity contribution in [1.82, 2.24) is 15.5 Å². The van der Waals surface area contributed by atoms with Crippen molar-refractivity contribution in [3.63, 3.8) is 0 Å². The van der Waals surface area contributed by atoms with E-state index in [0.29, 0.717) is 17.9 Å². The Morgan fingerprint density at radius 1 is 1.53 bits per heavy atom. The third-order valence-electron chi connectivity index (χ3n) is 2.42. The maximum absolute atomic E-state index is 13.5. The predicted molar refractivity (Wildman–Crippen MR) is 57.6 cm³/mol. The predicted octanol–water partition coefficient (Wildman–Crippen LogP) is 1.77. The second kappa shape index (κ2) is 4.92. The van der Waals surface area contributed by atoms with Crippen molar-refractivity contribution in [2.24, 2.45) is 0 Å². The summed E-state index contributed by atoms with van der Waals surface area (Å²) in [5.41, 5.74) is 0.478. The van der Waals surface area contributed by atoms with E-state index in [-0.39, 0.29) is 11.8 Å². The molecule has 0 aliphatic rings. The molecule has 0 spiro atoms. The molecular weight excluding hydrogens is 225 g/mol. The van der Waals surface area contributed by atoms with Gasteiger partial charge in [-0.25, -0.2) is 4.39 Å². The lowest BCUT2D eigenvalue weighted by molar-refractivity contribution is 0.404. The second-order valence-corrected chi connectivity index (χ2v) is 3.66. The number of aromatic nitrogens is 2. The third kappa shape index (κ3) is 2.79. The fourth-order valence-electron chi connectivity index (χ4n) is 1.49. The van der Waals surface area contributed by atoms with Gasteiger partial charge in [-0.05, 0) is 13.0 Å². The molecule has 1 aromatic heterocycles. The number of halogens is 1. The van der Waals surface area contributed by atoms with Crippen molar-refractivity contribution in [2.45, 2.75) is 19.5 Å². The molecular formula is C11H12FN3O2. The van der Waals surface area contributed by atoms with Gasteiger partial charge in [-0.1, -0.05) is 11.2 Å². The van der Waals surface area contributed by atoms with E-state index in [1.165, 1.54) is 12.5 Å². The number of nitrogens with one attached hydrogen (secondary N) is 1. The maximum atomic E-state index is 13.5. The molecule has 1 heterocycles. The van der Waals surface area contributed by atoms with Crippen LogP contribution in [0.1, 0.15) is 24.4 Å². The quantitative estimate of drug-likeness (QED) is 0.847. The van der Waals surface area contributed by atoms with E-state index >= 15 is 0 Å². The molecule has 0 fully saturated rings. The molecule has 0 bridgehead atoms. The minimum atomic E-state index is -0.446. The van der Waals surface area contributed by atoms with Gasteiger partial charge in [-0.3, -0.25) is 0 Å². The summed E-state index contributed by atoms with van der Waals surface area (Å²) in [6.07, 6.45) is 1.24. The summed E-state index contributed by atoms with van der Waals surface area (Å²) in [5.74, 6) is -0.0224. The molecule has 1 atom stereocenters. The molecule has 0 radical (unpaired) electrons. The normalized spacial score (nSPS) is 12.6. The Morgan fingerprint density at radius 3 is 3.00 bits per heavy atom. The van der Waals surface area contributed by atoms with Crippen LogP contribution in [0, 0.1) is 5.82 Å². The highest BCUT2D eigenvalue weighted by atomic mass is 19.1. The van der Waals surface area contributed by atoms with Gasteiger partial charge in [-0.15, -0.1) is 0 Å². The van der Waals surface area contributed by atoms with Crippen LogP contribution in [0.5, 0.6) is 5.75 Å². The van der Waals surface area contributed by atoms with Crippen molar-refractivity contribution in [1.29, 1.82) is 0 Å². The summed E-state index contributed by atoms with van der Waals surface area (Å²) in [4.78, 5) is 3.84. The molecule has 5 nitrogen and oxygen atoms in total. The second-order valence-electron chi connectivity index (χ2n) is 3.66. The number of phenolic OH excluding ortho intramolecular Hbond substituents is 1. The molecule has 0 saturated heterocycles. The summed E-state index contributed by atoms with van der Waals surface area (Å²) in [6.45, 7) is 2.20. The van der Waals surface area contributed by atoms with Crippen molar-refractivity contribution in [2.75, 3.05) is 0 Å². The van der Waals surface area contributed by atoms with Crippen LogP contribution in [0.15, 0.2) is 29.1 Å². The first-order valence-corrected chi connectivity index (χ1v) is 5.14. The van der Waals surface area contributed by atoms with Crippen LogP contribution in [-0.2, 0) is 6.54 Å². The number of benzene rings is 1. The molecule has 2 rings (SSSR count). The number of nitrogens with zero attached hydrogens (tertiary/aromatic N) is 2. The minimum Gasteiger partial charge on any atom is -0.508 e. The van der Waals surface area contributed by atoms with Crippen LogP contribution in [0.2, 0.25) is 0 Å². The van der Waals surface area contributed by atoms with Gasteiger partial charge in [0.05, 0.1) is 6.54 Å². The van der Waals surface area contributed by atoms with E-state index in [9.17, 15) is 4.39 Å². The van der Waals surface area contributed by atoms with Gasteiger partial charge in [0.1, 0.15) is 11.6 Å². The number of hydrogen-bond donors (Lipinski definition) is 2.